The number of nitrogens with zero attached hydrogens (tertiary/aromatic N) is 1. The summed E-state index contributed by atoms with van der Waals surface area (Å²) in [6.07, 6.45) is 3.34. The predicted molar refractivity (Wildman–Crippen MR) is 99.8 cm³/mol. The lowest BCUT2D eigenvalue weighted by Crippen LogP contribution is -2.54. The number of anilines is 1. The quantitative estimate of drug-likeness (QED) is 0.652. The molecule has 0 bridgehead atoms. The van der Waals surface area contributed by atoms with E-state index < -0.39 is 41.6 Å². The predicted octanol–water partition coefficient (Wildman–Crippen LogP) is 1.27. The van der Waals surface area contributed by atoms with Gasteiger partial charge in [0.05, 0.1) is 22.7 Å². The number of allylic oxidation sites excluding steroid dienone is 2. The summed E-state index contributed by atoms with van der Waals surface area (Å²) in [5.41, 5.74) is 1.61. The fourth-order valence-corrected chi connectivity index (χ4v) is 3.96. The van der Waals surface area contributed by atoms with Crippen molar-refractivity contribution in [2.24, 2.45) is 5.92 Å². The first-order valence-electron chi connectivity index (χ1n) is 9.40. The van der Waals surface area contributed by atoms with E-state index in [-0.39, 0.29) is 24.0 Å². The number of carboxylic acids is 1. The zero-order chi connectivity index (χ0) is 20.7. The van der Waals surface area contributed by atoms with Crippen LogP contribution in [0.4, 0.5) is 5.69 Å². The van der Waals surface area contributed by atoms with Gasteiger partial charge in [-0.2, -0.15) is 0 Å². The maximum atomic E-state index is 13.0. The minimum Gasteiger partial charge on any atom is -0.481 e. The number of nitrogens with one attached hydrogen (secondary N) is 2. The number of imide groups is 2. The zero-order valence-corrected chi connectivity index (χ0v) is 15.4. The highest BCUT2D eigenvalue weighted by molar-refractivity contribution is 6.25. The summed E-state index contributed by atoms with van der Waals surface area (Å²) in [7, 11) is 0. The molecule has 2 atom stereocenters. The first kappa shape index (κ1) is 18.9. The van der Waals surface area contributed by atoms with E-state index in [2.05, 4.69) is 10.6 Å². The number of carboxylic acid groups (broad SMARTS) is 1. The number of fused-ring (bicyclic) bond motifs is 1. The second-order valence-corrected chi connectivity index (χ2v) is 7.34. The number of benzene rings is 1. The molecule has 150 valence electrons. The van der Waals surface area contributed by atoms with Gasteiger partial charge in [-0.25, -0.2) is 0 Å². The van der Waals surface area contributed by atoms with Crippen LogP contribution in [-0.4, -0.2) is 45.6 Å². The number of aliphatic carboxylic acids is 1. The van der Waals surface area contributed by atoms with Gasteiger partial charge >= 0.3 is 5.97 Å². The molecule has 3 N–H and O–H groups in total. The van der Waals surface area contributed by atoms with Crippen molar-refractivity contribution in [1.29, 1.82) is 0 Å². The highest BCUT2D eigenvalue weighted by Gasteiger charge is 2.45. The maximum Gasteiger partial charge on any atom is 0.306 e. The molecule has 2 aliphatic heterocycles. The molecule has 1 aromatic carbocycles. The standard InChI is InChI=1S/C20H19N3O6/c24-15-9-8-14(17(25)22-15)23-18(26)12-2-1-3-13(16(12)19(23)27)21-11-6-4-10(5-7-11)20(28)29/h1-3,6,10,14,21H,4-5,7-9H2,(H,28,29)(H,22,24,25). The van der Waals surface area contributed by atoms with Crippen LogP contribution in [-0.2, 0) is 14.4 Å². The van der Waals surface area contributed by atoms with Crippen molar-refractivity contribution in [3.63, 3.8) is 0 Å². The second kappa shape index (κ2) is 7.16. The van der Waals surface area contributed by atoms with E-state index in [4.69, 9.17) is 5.11 Å². The van der Waals surface area contributed by atoms with E-state index >= 15 is 0 Å². The molecule has 3 aliphatic rings. The van der Waals surface area contributed by atoms with Gasteiger partial charge in [0.1, 0.15) is 6.04 Å². The van der Waals surface area contributed by atoms with Crippen molar-refractivity contribution in [1.82, 2.24) is 10.2 Å². The van der Waals surface area contributed by atoms with E-state index in [1.165, 1.54) is 6.07 Å². The number of carbonyl (C=O) groups is 5. The van der Waals surface area contributed by atoms with E-state index in [0.29, 0.717) is 24.9 Å². The van der Waals surface area contributed by atoms with Crippen LogP contribution in [0.15, 0.2) is 30.0 Å². The fraction of sp³-hybridized carbons (Fsp3) is 0.350. The Bertz CT molecular complexity index is 982. The van der Waals surface area contributed by atoms with Crippen LogP contribution in [0.3, 0.4) is 0 Å². The molecule has 1 aliphatic carbocycles. The zero-order valence-electron chi connectivity index (χ0n) is 15.4. The average molecular weight is 397 g/mol. The number of rotatable bonds is 4. The number of hydrogen-bond acceptors (Lipinski definition) is 6. The van der Waals surface area contributed by atoms with Gasteiger partial charge in [0.2, 0.25) is 11.8 Å². The van der Waals surface area contributed by atoms with Crippen LogP contribution >= 0.6 is 0 Å². The largest absolute Gasteiger partial charge is 0.481 e. The minimum atomic E-state index is -1.02. The molecule has 9 heteroatoms. The Kier molecular flexibility index (Phi) is 4.65. The lowest BCUT2D eigenvalue weighted by Gasteiger charge is -2.28. The third-order valence-corrected chi connectivity index (χ3v) is 5.52. The van der Waals surface area contributed by atoms with Crippen LogP contribution in [0.1, 0.15) is 52.8 Å². The summed E-state index contributed by atoms with van der Waals surface area (Å²) in [5.74, 6) is -3.47. The molecular weight excluding hydrogens is 378 g/mol. The molecule has 29 heavy (non-hydrogen) atoms. The van der Waals surface area contributed by atoms with Gasteiger partial charge < -0.3 is 10.4 Å². The molecule has 2 unspecified atom stereocenters. The van der Waals surface area contributed by atoms with E-state index in [9.17, 15) is 24.0 Å². The first-order valence-corrected chi connectivity index (χ1v) is 9.40. The lowest BCUT2D eigenvalue weighted by molar-refractivity contribution is -0.142. The van der Waals surface area contributed by atoms with E-state index in [1.807, 2.05) is 0 Å². The fourth-order valence-electron chi connectivity index (χ4n) is 3.96. The number of piperidine rings is 1. The number of carbonyl (C=O) groups excluding carboxylic acids is 4. The lowest BCUT2D eigenvalue weighted by atomic mass is 9.92. The Hall–Kier alpha value is -3.49. The SMILES string of the molecule is O=C1CCC(N2C(=O)c3cccc(NC4=CCC(C(=O)O)CC4)c3C2=O)C(=O)N1. The summed E-state index contributed by atoms with van der Waals surface area (Å²) in [4.78, 5) is 61.4. The van der Waals surface area contributed by atoms with Crippen LogP contribution in [0.2, 0.25) is 0 Å². The third-order valence-electron chi connectivity index (χ3n) is 5.52. The Labute approximate surface area is 165 Å². The molecule has 0 aromatic heterocycles. The molecule has 1 fully saturated rings. The van der Waals surface area contributed by atoms with Crippen molar-refractivity contribution in [2.75, 3.05) is 5.32 Å². The van der Waals surface area contributed by atoms with E-state index in [0.717, 1.165) is 10.6 Å². The molecule has 1 aromatic rings. The first-order chi connectivity index (χ1) is 13.9. The highest BCUT2D eigenvalue weighted by atomic mass is 16.4. The normalized spacial score (nSPS) is 24.1. The molecular formula is C20H19N3O6. The van der Waals surface area contributed by atoms with Gasteiger partial charge in [-0.05, 0) is 37.8 Å². The third kappa shape index (κ3) is 3.28. The molecule has 2 heterocycles. The van der Waals surface area contributed by atoms with Crippen molar-refractivity contribution < 1.29 is 29.1 Å². The van der Waals surface area contributed by atoms with Crippen molar-refractivity contribution in [3.8, 4) is 0 Å². The summed E-state index contributed by atoms with van der Waals surface area (Å²) < 4.78 is 0. The van der Waals surface area contributed by atoms with Gasteiger partial charge in [-0.3, -0.25) is 34.2 Å². The number of amides is 4. The van der Waals surface area contributed by atoms with Gasteiger partial charge in [-0.15, -0.1) is 0 Å². The highest BCUT2D eigenvalue weighted by Crippen LogP contribution is 2.34. The van der Waals surface area contributed by atoms with Gasteiger partial charge in [0.15, 0.2) is 0 Å². The summed E-state index contributed by atoms with van der Waals surface area (Å²) in [6, 6.07) is 3.83. The second-order valence-electron chi connectivity index (χ2n) is 7.34. The molecule has 0 spiro atoms. The molecule has 1 saturated heterocycles. The van der Waals surface area contributed by atoms with Gasteiger partial charge in [-0.1, -0.05) is 12.1 Å². The molecule has 4 rings (SSSR count). The van der Waals surface area contributed by atoms with Crippen LogP contribution in [0.5, 0.6) is 0 Å². The topological polar surface area (TPSA) is 133 Å². The molecule has 0 saturated carbocycles. The molecule has 4 amide bonds. The van der Waals surface area contributed by atoms with Crippen LogP contribution < -0.4 is 10.6 Å². The smallest absolute Gasteiger partial charge is 0.306 e. The van der Waals surface area contributed by atoms with Crippen molar-refractivity contribution in [3.05, 3.63) is 41.1 Å². The Morgan fingerprint density at radius 3 is 2.55 bits per heavy atom. The Morgan fingerprint density at radius 2 is 1.90 bits per heavy atom. The minimum absolute atomic E-state index is 0.0621. The van der Waals surface area contributed by atoms with Crippen LogP contribution in [0.25, 0.3) is 0 Å². The summed E-state index contributed by atoms with van der Waals surface area (Å²) in [6.45, 7) is 0. The monoisotopic (exact) mass is 397 g/mol. The average Bonchev–Trinajstić information content (AvgIpc) is 2.94. The molecule has 0 radical (unpaired) electrons. The summed E-state index contributed by atoms with van der Waals surface area (Å²) in [5, 5.41) is 14.4. The number of hydrogen-bond donors (Lipinski definition) is 3. The Balaban J connectivity index is 1.59. The van der Waals surface area contributed by atoms with Crippen molar-refractivity contribution in [2.45, 2.75) is 38.1 Å². The van der Waals surface area contributed by atoms with Gasteiger partial charge in [0.25, 0.3) is 11.8 Å². The van der Waals surface area contributed by atoms with Gasteiger partial charge in [0, 0.05) is 12.1 Å². The maximum absolute atomic E-state index is 13.0. The van der Waals surface area contributed by atoms with Crippen molar-refractivity contribution >= 4 is 35.3 Å². The van der Waals surface area contributed by atoms with E-state index in [1.54, 1.807) is 18.2 Å². The van der Waals surface area contributed by atoms with Crippen LogP contribution in [0, 0.1) is 5.92 Å². The molecule has 9 nitrogen and oxygen atoms in total. The summed E-state index contributed by atoms with van der Waals surface area (Å²) >= 11 is 0. The Morgan fingerprint density at radius 1 is 1.10 bits per heavy atom.